The smallest absolute Gasteiger partial charge is 0.153 e. The normalized spacial score (nSPS) is 10.8. The molecule has 5 heteroatoms. The van der Waals surface area contributed by atoms with E-state index in [1.54, 1.807) is 35.7 Å². The quantitative estimate of drug-likeness (QED) is 0.679. The molecule has 3 aromatic rings. The van der Waals surface area contributed by atoms with Crippen molar-refractivity contribution in [3.05, 3.63) is 58.9 Å². The van der Waals surface area contributed by atoms with Crippen LogP contribution in [0.1, 0.15) is 22.2 Å². The fourth-order valence-corrected chi connectivity index (χ4v) is 3.08. The first kappa shape index (κ1) is 13.7. The van der Waals surface area contributed by atoms with Crippen LogP contribution in [-0.4, -0.2) is 16.1 Å². The van der Waals surface area contributed by atoms with Gasteiger partial charge in [0, 0.05) is 11.1 Å². The van der Waals surface area contributed by atoms with Crippen molar-refractivity contribution in [1.82, 2.24) is 9.78 Å². The van der Waals surface area contributed by atoms with Gasteiger partial charge in [0.1, 0.15) is 17.2 Å². The third kappa shape index (κ3) is 2.52. The van der Waals surface area contributed by atoms with Crippen molar-refractivity contribution >= 4 is 17.6 Å². The van der Waals surface area contributed by atoms with Crippen LogP contribution in [0.4, 0.5) is 4.39 Å². The third-order valence-electron chi connectivity index (χ3n) is 3.21. The van der Waals surface area contributed by atoms with E-state index < -0.39 is 0 Å². The molecule has 3 nitrogen and oxygen atoms in total. The van der Waals surface area contributed by atoms with Gasteiger partial charge in [-0.05, 0) is 30.7 Å². The van der Waals surface area contributed by atoms with Crippen LogP contribution >= 0.6 is 11.3 Å². The fraction of sp³-hybridized carbons (Fsp3) is 0.125. The highest BCUT2D eigenvalue weighted by Crippen LogP contribution is 2.30. The molecule has 1 aromatic carbocycles. The molecule has 106 valence electrons. The highest BCUT2D eigenvalue weighted by atomic mass is 32.1. The van der Waals surface area contributed by atoms with E-state index in [0.717, 1.165) is 17.6 Å². The molecular weight excluding hydrogens is 287 g/mol. The summed E-state index contributed by atoms with van der Waals surface area (Å²) in [6, 6.07) is 10.3. The number of hydrogen-bond acceptors (Lipinski definition) is 3. The Morgan fingerprint density at radius 1 is 1.29 bits per heavy atom. The number of aromatic nitrogens is 2. The van der Waals surface area contributed by atoms with Crippen molar-refractivity contribution < 1.29 is 9.18 Å². The summed E-state index contributed by atoms with van der Waals surface area (Å²) in [6.45, 7) is 2.08. The number of rotatable bonds is 4. The molecule has 0 fully saturated rings. The Morgan fingerprint density at radius 2 is 2.10 bits per heavy atom. The van der Waals surface area contributed by atoms with Gasteiger partial charge in [0.2, 0.25) is 0 Å². The molecule has 0 aliphatic carbocycles. The molecule has 21 heavy (non-hydrogen) atoms. The van der Waals surface area contributed by atoms with E-state index >= 15 is 0 Å². The van der Waals surface area contributed by atoms with Gasteiger partial charge in [-0.2, -0.15) is 5.10 Å². The predicted molar refractivity (Wildman–Crippen MR) is 81.6 cm³/mol. The van der Waals surface area contributed by atoms with E-state index in [9.17, 15) is 9.18 Å². The summed E-state index contributed by atoms with van der Waals surface area (Å²) in [6.07, 6.45) is 3.26. The number of thiophene rings is 1. The Labute approximate surface area is 125 Å². The Bertz CT molecular complexity index is 791. The number of aryl methyl sites for hydroxylation is 1. The first-order valence-corrected chi connectivity index (χ1v) is 7.43. The van der Waals surface area contributed by atoms with Crippen LogP contribution in [0.5, 0.6) is 0 Å². The molecule has 3 rings (SSSR count). The SMILES string of the molecule is CCc1ccc(-c2nn(-c3ccccc3F)cc2C=O)s1. The number of aldehydes is 1. The Balaban J connectivity index is 2.10. The number of nitrogens with zero attached hydrogens (tertiary/aromatic N) is 2. The molecule has 0 saturated heterocycles. The largest absolute Gasteiger partial charge is 0.298 e. The monoisotopic (exact) mass is 300 g/mol. The van der Waals surface area contributed by atoms with Crippen LogP contribution in [0.2, 0.25) is 0 Å². The van der Waals surface area contributed by atoms with Gasteiger partial charge in [-0.15, -0.1) is 11.3 Å². The van der Waals surface area contributed by atoms with E-state index in [-0.39, 0.29) is 5.82 Å². The maximum Gasteiger partial charge on any atom is 0.153 e. The van der Waals surface area contributed by atoms with E-state index in [1.807, 2.05) is 12.1 Å². The van der Waals surface area contributed by atoms with Gasteiger partial charge in [-0.1, -0.05) is 19.1 Å². The van der Waals surface area contributed by atoms with Gasteiger partial charge in [0.05, 0.1) is 10.4 Å². The second-order valence-corrected chi connectivity index (χ2v) is 5.73. The highest BCUT2D eigenvalue weighted by Gasteiger charge is 2.15. The molecule has 2 aromatic heterocycles. The van der Waals surface area contributed by atoms with Crippen molar-refractivity contribution in [3.8, 4) is 16.3 Å². The van der Waals surface area contributed by atoms with Gasteiger partial charge < -0.3 is 0 Å². The first-order valence-electron chi connectivity index (χ1n) is 6.61. The van der Waals surface area contributed by atoms with E-state index in [4.69, 9.17) is 0 Å². The summed E-state index contributed by atoms with van der Waals surface area (Å²) in [5.41, 5.74) is 1.39. The maximum absolute atomic E-state index is 13.8. The molecule has 0 atom stereocenters. The molecule has 0 bridgehead atoms. The van der Waals surface area contributed by atoms with Crippen LogP contribution in [0.15, 0.2) is 42.6 Å². The number of carbonyl (C=O) groups is 1. The van der Waals surface area contributed by atoms with Gasteiger partial charge >= 0.3 is 0 Å². The molecule has 0 aliphatic rings. The Morgan fingerprint density at radius 3 is 2.76 bits per heavy atom. The van der Waals surface area contributed by atoms with E-state index in [1.165, 1.54) is 15.6 Å². The Kier molecular flexibility index (Phi) is 3.66. The molecule has 0 amide bonds. The molecule has 0 unspecified atom stereocenters. The Hall–Kier alpha value is -2.27. The van der Waals surface area contributed by atoms with Crippen molar-refractivity contribution in [2.45, 2.75) is 13.3 Å². The lowest BCUT2D eigenvalue weighted by atomic mass is 10.2. The molecule has 0 spiro atoms. The van der Waals surface area contributed by atoms with Gasteiger partial charge in [0.25, 0.3) is 0 Å². The van der Waals surface area contributed by atoms with Gasteiger partial charge in [0.15, 0.2) is 6.29 Å². The van der Waals surface area contributed by atoms with Crippen molar-refractivity contribution in [3.63, 3.8) is 0 Å². The predicted octanol–water partition coefficient (Wildman–Crippen LogP) is 4.11. The average molecular weight is 300 g/mol. The number of para-hydroxylation sites is 1. The van der Waals surface area contributed by atoms with Gasteiger partial charge in [-0.25, -0.2) is 9.07 Å². The second kappa shape index (κ2) is 5.61. The minimum Gasteiger partial charge on any atom is -0.298 e. The summed E-state index contributed by atoms with van der Waals surface area (Å²) in [4.78, 5) is 13.4. The number of carbonyl (C=O) groups excluding carboxylic acids is 1. The van der Waals surface area contributed by atoms with Crippen LogP contribution < -0.4 is 0 Å². The standard InChI is InChI=1S/C16H13FN2OS/c1-2-12-7-8-15(21-12)16-11(10-20)9-19(18-16)14-6-4-3-5-13(14)17/h3-10H,2H2,1H3. The lowest BCUT2D eigenvalue weighted by Crippen LogP contribution is -1.97. The first-order chi connectivity index (χ1) is 10.2. The van der Waals surface area contributed by atoms with Crippen LogP contribution in [-0.2, 0) is 6.42 Å². The topological polar surface area (TPSA) is 34.9 Å². The lowest BCUT2D eigenvalue weighted by Gasteiger charge is -2.01. The van der Waals surface area contributed by atoms with Crippen LogP contribution in [0.25, 0.3) is 16.3 Å². The molecule has 0 radical (unpaired) electrons. The van der Waals surface area contributed by atoms with Crippen molar-refractivity contribution in [2.75, 3.05) is 0 Å². The average Bonchev–Trinajstić information content (AvgIpc) is 3.13. The van der Waals surface area contributed by atoms with Crippen molar-refractivity contribution in [1.29, 1.82) is 0 Å². The summed E-state index contributed by atoms with van der Waals surface area (Å²) >= 11 is 1.60. The number of halogens is 1. The molecule has 0 saturated carbocycles. The third-order valence-corrected chi connectivity index (χ3v) is 4.45. The van der Waals surface area contributed by atoms with Gasteiger partial charge in [-0.3, -0.25) is 4.79 Å². The summed E-state index contributed by atoms with van der Waals surface area (Å²) in [7, 11) is 0. The molecule has 2 heterocycles. The minimum atomic E-state index is -0.371. The lowest BCUT2D eigenvalue weighted by molar-refractivity contribution is 0.112. The zero-order chi connectivity index (χ0) is 14.8. The summed E-state index contributed by atoms with van der Waals surface area (Å²) in [5, 5.41) is 4.39. The minimum absolute atomic E-state index is 0.333. The zero-order valence-corrected chi connectivity index (χ0v) is 12.2. The molecule has 0 aliphatic heterocycles. The molecular formula is C16H13FN2OS. The van der Waals surface area contributed by atoms with E-state index in [0.29, 0.717) is 16.9 Å². The summed E-state index contributed by atoms with van der Waals surface area (Å²) < 4.78 is 15.3. The summed E-state index contributed by atoms with van der Waals surface area (Å²) in [5.74, 6) is -0.371. The number of benzene rings is 1. The zero-order valence-electron chi connectivity index (χ0n) is 11.4. The molecule has 0 N–H and O–H groups in total. The van der Waals surface area contributed by atoms with Crippen molar-refractivity contribution in [2.24, 2.45) is 0 Å². The van der Waals surface area contributed by atoms with Crippen LogP contribution in [0.3, 0.4) is 0 Å². The van der Waals surface area contributed by atoms with E-state index in [2.05, 4.69) is 12.0 Å². The second-order valence-electron chi connectivity index (χ2n) is 4.57. The fourth-order valence-electron chi connectivity index (χ4n) is 2.12. The maximum atomic E-state index is 13.8. The number of hydrogen-bond donors (Lipinski definition) is 0. The van der Waals surface area contributed by atoms with Crippen LogP contribution in [0, 0.1) is 5.82 Å². The highest BCUT2D eigenvalue weighted by molar-refractivity contribution is 7.15.